The molecule has 0 unspecified atom stereocenters. The summed E-state index contributed by atoms with van der Waals surface area (Å²) in [4.78, 5) is 20.1. The van der Waals surface area contributed by atoms with Crippen molar-refractivity contribution in [1.29, 1.82) is 0 Å². The molecule has 0 atom stereocenters. The molecule has 45 heavy (non-hydrogen) atoms. The molecule has 0 N–H and O–H groups in total. The molecule has 0 aliphatic heterocycles. The van der Waals surface area contributed by atoms with Crippen molar-refractivity contribution in [2.45, 2.75) is 0 Å². The number of para-hydroxylation sites is 1. The standard InChI is InChI=1S/C40H22N4O/c1-2-9-24-20-26(17-16-23(24)8-1)38-42-39(27-21-25-10-7-14-30-28-11-3-4-12-29(28)32(22-27)35(25)30)44-40(43-38)37-36-31-13-5-6-15-33(31)45-34(36)18-19-41-37/h1-22H. The second-order valence-electron chi connectivity index (χ2n) is 11.5. The van der Waals surface area contributed by atoms with Gasteiger partial charge in [0, 0.05) is 22.7 Å². The van der Waals surface area contributed by atoms with Crippen LogP contribution in [0.25, 0.3) is 100 Å². The molecule has 9 aromatic rings. The average Bonchev–Trinajstić information content (AvgIpc) is 3.65. The minimum absolute atomic E-state index is 0.506. The number of furan rings is 1. The number of benzene rings is 6. The highest BCUT2D eigenvalue weighted by Crippen LogP contribution is 2.48. The fourth-order valence-corrected chi connectivity index (χ4v) is 6.85. The van der Waals surface area contributed by atoms with Gasteiger partial charge in [-0.25, -0.2) is 15.0 Å². The van der Waals surface area contributed by atoms with Crippen molar-refractivity contribution >= 4 is 43.5 Å². The first-order chi connectivity index (χ1) is 22.3. The van der Waals surface area contributed by atoms with Crippen molar-refractivity contribution in [3.8, 4) is 56.5 Å². The second-order valence-corrected chi connectivity index (χ2v) is 11.5. The number of fused-ring (bicyclic) bond motifs is 7. The third kappa shape index (κ3) is 3.61. The maximum absolute atomic E-state index is 6.20. The van der Waals surface area contributed by atoms with E-state index in [-0.39, 0.29) is 0 Å². The number of nitrogens with zero attached hydrogens (tertiary/aromatic N) is 4. The molecule has 0 fully saturated rings. The molecule has 0 saturated heterocycles. The Balaban J connectivity index is 1.26. The van der Waals surface area contributed by atoms with Crippen LogP contribution < -0.4 is 0 Å². The molecule has 10 rings (SSSR count). The minimum Gasteiger partial charge on any atom is -0.456 e. The predicted octanol–water partition coefficient (Wildman–Crippen LogP) is 10.1. The van der Waals surface area contributed by atoms with E-state index in [1.54, 1.807) is 6.20 Å². The smallest absolute Gasteiger partial charge is 0.183 e. The van der Waals surface area contributed by atoms with E-state index < -0.39 is 0 Å². The zero-order chi connectivity index (χ0) is 29.5. The summed E-state index contributed by atoms with van der Waals surface area (Å²) in [6, 6.07) is 44.1. The summed E-state index contributed by atoms with van der Waals surface area (Å²) in [7, 11) is 0. The molecule has 3 heterocycles. The summed E-state index contributed by atoms with van der Waals surface area (Å²) in [5.41, 5.74) is 9.01. The third-order valence-electron chi connectivity index (χ3n) is 8.89. The van der Waals surface area contributed by atoms with Crippen LogP contribution in [0.3, 0.4) is 0 Å². The van der Waals surface area contributed by atoms with Crippen LogP contribution in [0.2, 0.25) is 0 Å². The second kappa shape index (κ2) is 9.15. The number of hydrogen-bond donors (Lipinski definition) is 0. The number of rotatable bonds is 3. The first kappa shape index (κ1) is 24.3. The van der Waals surface area contributed by atoms with Gasteiger partial charge in [-0.15, -0.1) is 0 Å². The lowest BCUT2D eigenvalue weighted by Gasteiger charge is -2.11. The topological polar surface area (TPSA) is 64.7 Å². The summed E-state index contributed by atoms with van der Waals surface area (Å²) >= 11 is 0. The largest absolute Gasteiger partial charge is 0.456 e. The van der Waals surface area contributed by atoms with Crippen molar-refractivity contribution in [2.24, 2.45) is 0 Å². The fourth-order valence-electron chi connectivity index (χ4n) is 6.85. The van der Waals surface area contributed by atoms with Crippen molar-refractivity contribution in [3.63, 3.8) is 0 Å². The summed E-state index contributed by atoms with van der Waals surface area (Å²) in [5.74, 6) is 1.70. The number of aromatic nitrogens is 4. The maximum Gasteiger partial charge on any atom is 0.183 e. The zero-order valence-corrected chi connectivity index (χ0v) is 23.9. The molecule has 6 aromatic carbocycles. The summed E-state index contributed by atoms with van der Waals surface area (Å²) in [5, 5.41) is 6.59. The Morgan fingerprint density at radius 2 is 1.11 bits per heavy atom. The monoisotopic (exact) mass is 574 g/mol. The molecule has 0 bridgehead atoms. The van der Waals surface area contributed by atoms with Crippen LogP contribution in [-0.4, -0.2) is 19.9 Å². The van der Waals surface area contributed by atoms with Crippen molar-refractivity contribution in [3.05, 3.63) is 134 Å². The van der Waals surface area contributed by atoms with Gasteiger partial charge in [-0.05, 0) is 74.1 Å². The highest BCUT2D eigenvalue weighted by Gasteiger charge is 2.24. The van der Waals surface area contributed by atoms with Crippen molar-refractivity contribution in [2.75, 3.05) is 0 Å². The number of hydrogen-bond acceptors (Lipinski definition) is 5. The van der Waals surface area contributed by atoms with Crippen LogP contribution in [-0.2, 0) is 0 Å². The van der Waals surface area contributed by atoms with Gasteiger partial charge in [-0.3, -0.25) is 4.98 Å². The lowest BCUT2D eigenvalue weighted by Crippen LogP contribution is -2.01. The fraction of sp³-hybridized carbons (Fsp3) is 0. The van der Waals surface area contributed by atoms with E-state index in [0.29, 0.717) is 23.2 Å². The van der Waals surface area contributed by atoms with Gasteiger partial charge >= 0.3 is 0 Å². The van der Waals surface area contributed by atoms with Gasteiger partial charge in [-0.2, -0.15) is 0 Å². The molecule has 5 heteroatoms. The van der Waals surface area contributed by atoms with E-state index in [2.05, 4.69) is 103 Å². The lowest BCUT2D eigenvalue weighted by atomic mass is 9.99. The average molecular weight is 575 g/mol. The van der Waals surface area contributed by atoms with Crippen LogP contribution in [0.4, 0.5) is 0 Å². The van der Waals surface area contributed by atoms with Crippen molar-refractivity contribution in [1.82, 2.24) is 19.9 Å². The minimum atomic E-state index is 0.506. The van der Waals surface area contributed by atoms with Crippen LogP contribution in [0, 0.1) is 0 Å². The Labute approximate surface area is 257 Å². The molecular formula is C40H22N4O. The van der Waals surface area contributed by atoms with E-state index in [4.69, 9.17) is 24.4 Å². The van der Waals surface area contributed by atoms with Crippen LogP contribution in [0.5, 0.6) is 0 Å². The summed E-state index contributed by atoms with van der Waals surface area (Å²) in [6.45, 7) is 0. The molecule has 3 aromatic heterocycles. The molecule has 0 radical (unpaired) electrons. The molecule has 1 aliphatic rings. The highest BCUT2D eigenvalue weighted by atomic mass is 16.3. The van der Waals surface area contributed by atoms with E-state index in [1.165, 1.54) is 33.0 Å². The van der Waals surface area contributed by atoms with E-state index >= 15 is 0 Å². The zero-order valence-electron chi connectivity index (χ0n) is 23.9. The molecule has 208 valence electrons. The first-order valence-corrected chi connectivity index (χ1v) is 15.0. The van der Waals surface area contributed by atoms with Crippen molar-refractivity contribution < 1.29 is 4.42 Å². The molecular weight excluding hydrogens is 552 g/mol. The Bertz CT molecular complexity index is 2670. The Morgan fingerprint density at radius 1 is 0.422 bits per heavy atom. The van der Waals surface area contributed by atoms with Gasteiger partial charge in [0.1, 0.15) is 16.9 Å². The molecule has 0 spiro atoms. The molecule has 0 amide bonds. The lowest BCUT2D eigenvalue weighted by molar-refractivity contribution is 0.668. The van der Waals surface area contributed by atoms with Gasteiger partial charge < -0.3 is 4.42 Å². The van der Waals surface area contributed by atoms with Gasteiger partial charge in [0.05, 0.1) is 5.39 Å². The van der Waals surface area contributed by atoms with E-state index in [1.807, 2.05) is 24.3 Å². The summed E-state index contributed by atoms with van der Waals surface area (Å²) in [6.07, 6.45) is 1.76. The SMILES string of the molecule is c1ccc2c(c1)-c1cccc3cc(-c4nc(-c5ccc6ccccc6c5)nc(-c5nccc6oc7ccccc7c56)n4)cc-2c13. The van der Waals surface area contributed by atoms with Gasteiger partial charge in [0.2, 0.25) is 0 Å². The predicted molar refractivity (Wildman–Crippen MR) is 181 cm³/mol. The normalized spacial score (nSPS) is 12.0. The number of pyridine rings is 1. The van der Waals surface area contributed by atoms with Gasteiger partial charge in [-0.1, -0.05) is 97.1 Å². The van der Waals surface area contributed by atoms with E-state index in [0.717, 1.165) is 43.8 Å². The van der Waals surface area contributed by atoms with Gasteiger partial charge in [0.25, 0.3) is 0 Å². The molecule has 5 nitrogen and oxygen atoms in total. The van der Waals surface area contributed by atoms with Gasteiger partial charge in [0.15, 0.2) is 17.5 Å². The van der Waals surface area contributed by atoms with Crippen LogP contribution >= 0.6 is 0 Å². The first-order valence-electron chi connectivity index (χ1n) is 15.0. The maximum atomic E-state index is 6.20. The Morgan fingerprint density at radius 3 is 2.02 bits per heavy atom. The van der Waals surface area contributed by atoms with Crippen LogP contribution in [0.15, 0.2) is 138 Å². The Kier molecular flexibility index (Phi) is 4.93. The Hall–Kier alpha value is -6.20. The van der Waals surface area contributed by atoms with E-state index in [9.17, 15) is 0 Å². The quantitative estimate of drug-likeness (QED) is 0.210. The highest BCUT2D eigenvalue weighted by molar-refractivity contribution is 6.16. The molecule has 0 saturated carbocycles. The van der Waals surface area contributed by atoms with Crippen LogP contribution in [0.1, 0.15) is 0 Å². The molecule has 1 aliphatic carbocycles. The summed E-state index contributed by atoms with van der Waals surface area (Å²) < 4.78 is 6.20. The third-order valence-corrected chi connectivity index (χ3v) is 8.89.